The molecular formula is C17H15Cl2N3S. The van der Waals surface area contributed by atoms with Crippen LogP contribution < -0.4 is 5.32 Å². The van der Waals surface area contributed by atoms with Crippen LogP contribution >= 0.6 is 34.5 Å². The molecule has 3 heterocycles. The molecule has 0 unspecified atom stereocenters. The molecule has 3 aromatic rings. The van der Waals surface area contributed by atoms with E-state index >= 15 is 0 Å². The minimum Gasteiger partial charge on any atom is -0.370 e. The lowest BCUT2D eigenvalue weighted by Crippen LogP contribution is -2.07. The molecule has 0 amide bonds. The molecule has 0 fully saturated rings. The molecule has 1 N–H and O–H groups in total. The highest BCUT2D eigenvalue weighted by Gasteiger charge is 2.22. The van der Waals surface area contributed by atoms with Gasteiger partial charge in [-0.05, 0) is 48.9 Å². The lowest BCUT2D eigenvalue weighted by Gasteiger charge is -2.10. The molecule has 1 aliphatic rings. The molecule has 0 spiro atoms. The van der Waals surface area contributed by atoms with Crippen LogP contribution in [0.2, 0.25) is 10.0 Å². The standard InChI is InChI=1S/C17H15Cl2N3S/c18-13-7-6-11(10-14(13)19)22-17-12(4-1-2-8-20-17)16(21-22)15-5-3-9-23-15/h3,5-7,9-10,20H,1-2,4,8H2. The van der Waals surface area contributed by atoms with E-state index in [0.717, 1.165) is 30.2 Å². The molecule has 0 aliphatic carbocycles. The van der Waals surface area contributed by atoms with E-state index in [2.05, 4.69) is 22.8 Å². The lowest BCUT2D eigenvalue weighted by molar-refractivity contribution is 0.780. The van der Waals surface area contributed by atoms with Gasteiger partial charge in [0.2, 0.25) is 0 Å². The Balaban J connectivity index is 1.91. The Morgan fingerprint density at radius 3 is 2.83 bits per heavy atom. The maximum absolute atomic E-state index is 6.19. The second-order valence-electron chi connectivity index (χ2n) is 5.55. The fourth-order valence-corrected chi connectivity index (χ4v) is 3.95. The zero-order valence-electron chi connectivity index (χ0n) is 12.4. The molecule has 1 aliphatic heterocycles. The molecule has 6 heteroatoms. The lowest BCUT2D eigenvalue weighted by atomic mass is 10.1. The SMILES string of the molecule is Clc1ccc(-n2nc(-c3cccs3)c3c2NCCCC3)cc1Cl. The van der Waals surface area contributed by atoms with Crippen LogP contribution in [0.15, 0.2) is 35.7 Å². The largest absolute Gasteiger partial charge is 0.370 e. The van der Waals surface area contributed by atoms with Crippen LogP contribution in [-0.2, 0) is 6.42 Å². The maximum Gasteiger partial charge on any atom is 0.133 e. The van der Waals surface area contributed by atoms with E-state index in [-0.39, 0.29) is 0 Å². The summed E-state index contributed by atoms with van der Waals surface area (Å²) in [5, 5.41) is 11.6. The van der Waals surface area contributed by atoms with Gasteiger partial charge in [-0.3, -0.25) is 0 Å². The molecule has 1 aromatic carbocycles. The fraction of sp³-hybridized carbons (Fsp3) is 0.235. The van der Waals surface area contributed by atoms with Gasteiger partial charge >= 0.3 is 0 Å². The Morgan fingerprint density at radius 2 is 2.04 bits per heavy atom. The second kappa shape index (κ2) is 6.19. The minimum absolute atomic E-state index is 0.541. The zero-order valence-corrected chi connectivity index (χ0v) is 14.7. The van der Waals surface area contributed by atoms with Crippen molar-refractivity contribution in [3.63, 3.8) is 0 Å². The third-order valence-electron chi connectivity index (χ3n) is 4.03. The summed E-state index contributed by atoms with van der Waals surface area (Å²) in [5.41, 5.74) is 3.28. The molecule has 0 radical (unpaired) electrons. The Kier molecular flexibility index (Phi) is 4.05. The van der Waals surface area contributed by atoms with Crippen molar-refractivity contribution in [2.75, 3.05) is 11.9 Å². The number of hydrogen-bond donors (Lipinski definition) is 1. The summed E-state index contributed by atoms with van der Waals surface area (Å²) >= 11 is 14.0. The van der Waals surface area contributed by atoms with Crippen molar-refractivity contribution < 1.29 is 0 Å². The first-order valence-electron chi connectivity index (χ1n) is 7.59. The highest BCUT2D eigenvalue weighted by Crippen LogP contribution is 2.36. The van der Waals surface area contributed by atoms with Gasteiger partial charge in [-0.25, -0.2) is 4.68 Å². The van der Waals surface area contributed by atoms with Gasteiger partial charge in [0.25, 0.3) is 0 Å². The van der Waals surface area contributed by atoms with Gasteiger partial charge in [0.05, 0.1) is 20.6 Å². The molecular weight excluding hydrogens is 349 g/mol. The molecule has 0 atom stereocenters. The molecule has 4 rings (SSSR count). The first-order chi connectivity index (χ1) is 11.2. The third-order valence-corrected chi connectivity index (χ3v) is 5.65. The minimum atomic E-state index is 0.541. The summed E-state index contributed by atoms with van der Waals surface area (Å²) in [4.78, 5) is 1.20. The number of nitrogens with zero attached hydrogens (tertiary/aromatic N) is 2. The van der Waals surface area contributed by atoms with Crippen LogP contribution in [0.5, 0.6) is 0 Å². The number of thiophene rings is 1. The van der Waals surface area contributed by atoms with E-state index < -0.39 is 0 Å². The molecule has 0 saturated carbocycles. The number of benzene rings is 1. The average Bonchev–Trinajstić information content (AvgIpc) is 3.12. The van der Waals surface area contributed by atoms with Crippen LogP contribution in [0, 0.1) is 0 Å². The highest BCUT2D eigenvalue weighted by molar-refractivity contribution is 7.13. The third kappa shape index (κ3) is 2.75. The van der Waals surface area contributed by atoms with Crippen LogP contribution in [0.25, 0.3) is 16.3 Å². The van der Waals surface area contributed by atoms with E-state index in [4.69, 9.17) is 28.3 Å². The highest BCUT2D eigenvalue weighted by atomic mass is 35.5. The van der Waals surface area contributed by atoms with Crippen molar-refractivity contribution in [3.8, 4) is 16.3 Å². The smallest absolute Gasteiger partial charge is 0.133 e. The predicted molar refractivity (Wildman–Crippen MR) is 98.3 cm³/mol. The van der Waals surface area contributed by atoms with Crippen LogP contribution in [0.3, 0.4) is 0 Å². The number of aromatic nitrogens is 2. The first-order valence-corrected chi connectivity index (χ1v) is 9.22. The van der Waals surface area contributed by atoms with Gasteiger partial charge in [0, 0.05) is 12.1 Å². The van der Waals surface area contributed by atoms with E-state index in [9.17, 15) is 0 Å². The van der Waals surface area contributed by atoms with Crippen molar-refractivity contribution in [1.82, 2.24) is 9.78 Å². The summed E-state index contributed by atoms with van der Waals surface area (Å²) in [7, 11) is 0. The molecule has 0 saturated heterocycles. The Labute approximate surface area is 148 Å². The average molecular weight is 364 g/mol. The number of rotatable bonds is 2. The molecule has 3 nitrogen and oxygen atoms in total. The van der Waals surface area contributed by atoms with Crippen molar-refractivity contribution in [2.24, 2.45) is 0 Å². The topological polar surface area (TPSA) is 29.9 Å². The van der Waals surface area contributed by atoms with Crippen LogP contribution in [0.1, 0.15) is 18.4 Å². The van der Waals surface area contributed by atoms with E-state index in [1.54, 1.807) is 11.3 Å². The van der Waals surface area contributed by atoms with Gasteiger partial charge in [0.1, 0.15) is 11.5 Å². The second-order valence-corrected chi connectivity index (χ2v) is 7.31. The summed E-state index contributed by atoms with van der Waals surface area (Å²) < 4.78 is 1.96. The van der Waals surface area contributed by atoms with Gasteiger partial charge in [0.15, 0.2) is 0 Å². The molecule has 0 bridgehead atoms. The van der Waals surface area contributed by atoms with E-state index in [0.29, 0.717) is 10.0 Å². The van der Waals surface area contributed by atoms with Gasteiger partial charge in [-0.2, -0.15) is 5.10 Å². The van der Waals surface area contributed by atoms with E-state index in [1.165, 1.54) is 23.3 Å². The Bertz CT molecular complexity index is 840. The molecule has 118 valence electrons. The van der Waals surface area contributed by atoms with Gasteiger partial charge in [-0.15, -0.1) is 11.3 Å². The summed E-state index contributed by atoms with van der Waals surface area (Å²) in [6.07, 6.45) is 3.38. The summed E-state index contributed by atoms with van der Waals surface area (Å²) in [5.74, 6) is 1.07. The van der Waals surface area contributed by atoms with Gasteiger partial charge in [-0.1, -0.05) is 29.3 Å². The maximum atomic E-state index is 6.19. The quantitative estimate of drug-likeness (QED) is 0.636. The monoisotopic (exact) mass is 363 g/mol. The van der Waals surface area contributed by atoms with Crippen molar-refractivity contribution in [3.05, 3.63) is 51.3 Å². The summed E-state index contributed by atoms with van der Waals surface area (Å²) in [6, 6.07) is 9.81. The Hall–Kier alpha value is -1.49. The number of nitrogens with one attached hydrogen (secondary N) is 1. The fourth-order valence-electron chi connectivity index (χ4n) is 2.92. The van der Waals surface area contributed by atoms with Gasteiger partial charge < -0.3 is 5.32 Å². The summed E-state index contributed by atoms with van der Waals surface area (Å²) in [6.45, 7) is 0.962. The normalized spacial score (nSPS) is 14.2. The van der Waals surface area contributed by atoms with Crippen molar-refractivity contribution in [1.29, 1.82) is 0 Å². The van der Waals surface area contributed by atoms with Crippen molar-refractivity contribution in [2.45, 2.75) is 19.3 Å². The number of anilines is 1. The van der Waals surface area contributed by atoms with Crippen LogP contribution in [-0.4, -0.2) is 16.3 Å². The van der Waals surface area contributed by atoms with Crippen LogP contribution in [0.4, 0.5) is 5.82 Å². The molecule has 23 heavy (non-hydrogen) atoms. The molecule has 2 aromatic heterocycles. The number of hydrogen-bond acceptors (Lipinski definition) is 3. The number of fused-ring (bicyclic) bond motifs is 1. The first kappa shape index (κ1) is 15.1. The number of halogens is 2. The van der Waals surface area contributed by atoms with E-state index in [1.807, 2.05) is 22.9 Å². The Morgan fingerprint density at radius 1 is 1.13 bits per heavy atom. The predicted octanol–water partition coefficient (Wildman–Crippen LogP) is 5.66. The van der Waals surface area contributed by atoms with Crippen molar-refractivity contribution >= 4 is 40.4 Å². The zero-order chi connectivity index (χ0) is 15.8.